The Labute approximate surface area is 290 Å². The lowest BCUT2D eigenvalue weighted by atomic mass is 10.1. The molecule has 0 saturated heterocycles. The molecule has 1 aliphatic rings. The van der Waals surface area contributed by atoms with Gasteiger partial charge in [0.05, 0.1) is 42.2 Å². The molecule has 0 unspecified atom stereocenters. The first-order chi connectivity index (χ1) is 23.6. The van der Waals surface area contributed by atoms with Crippen molar-refractivity contribution in [3.8, 4) is 17.6 Å². The Morgan fingerprint density at radius 3 is 2.41 bits per heavy atom. The summed E-state index contributed by atoms with van der Waals surface area (Å²) in [6, 6.07) is 21.7. The molecule has 1 atom stereocenters. The molecule has 0 spiro atoms. The molecule has 5 rings (SSSR count). The highest BCUT2D eigenvalue weighted by atomic mass is 32.2. The molecule has 1 aliphatic heterocycles. The van der Waals surface area contributed by atoms with Crippen molar-refractivity contribution >= 4 is 15.7 Å². The molecule has 49 heavy (non-hydrogen) atoms. The zero-order valence-electron chi connectivity index (χ0n) is 29.0. The Morgan fingerprint density at radius 1 is 1.02 bits per heavy atom. The number of aryl methyl sites for hydroxylation is 1. The highest BCUT2D eigenvalue weighted by molar-refractivity contribution is 7.89. The van der Waals surface area contributed by atoms with Gasteiger partial charge in [-0.3, -0.25) is 0 Å². The maximum Gasteiger partial charge on any atom is 0.243 e. The van der Waals surface area contributed by atoms with Gasteiger partial charge in [0.25, 0.3) is 0 Å². The summed E-state index contributed by atoms with van der Waals surface area (Å²) in [6.45, 7) is 7.91. The maximum atomic E-state index is 14.5. The smallest absolute Gasteiger partial charge is 0.243 e. The van der Waals surface area contributed by atoms with Crippen LogP contribution in [0, 0.1) is 11.3 Å². The number of nitrogens with zero attached hydrogens (tertiary/aromatic N) is 5. The van der Waals surface area contributed by atoms with Gasteiger partial charge in [-0.1, -0.05) is 29.4 Å². The summed E-state index contributed by atoms with van der Waals surface area (Å²) in [6.07, 6.45) is 10.4. The molecule has 0 aliphatic carbocycles. The minimum atomic E-state index is -3.96. The van der Waals surface area contributed by atoms with Crippen LogP contribution in [-0.4, -0.2) is 48.6 Å². The first kappa shape index (κ1) is 35.5. The first-order valence-electron chi connectivity index (χ1n) is 16.5. The molecular weight excluding hydrogens is 635 g/mol. The van der Waals surface area contributed by atoms with Crippen LogP contribution in [0.5, 0.6) is 11.5 Å². The zero-order chi connectivity index (χ0) is 35.0. The van der Waals surface area contributed by atoms with E-state index in [4.69, 9.17) is 9.47 Å². The van der Waals surface area contributed by atoms with Gasteiger partial charge in [0, 0.05) is 38.1 Å². The Balaban J connectivity index is 1.45. The van der Waals surface area contributed by atoms with Crippen LogP contribution in [0.2, 0.25) is 0 Å². The SMILES string of the molecule is COc1ccc(S(=O)(=O)N2Cc3cc(C#N)ccc3N(Cc3cncn3C)C[C@H]2Cc2ccc(OC/C=C(\C)CCC=C(C)C)cc2)cc1. The van der Waals surface area contributed by atoms with Crippen molar-refractivity contribution < 1.29 is 17.9 Å². The van der Waals surface area contributed by atoms with Gasteiger partial charge in [0.1, 0.15) is 18.1 Å². The number of allylic oxidation sites excluding steroid dienone is 3. The average molecular weight is 680 g/mol. The Morgan fingerprint density at radius 2 is 1.76 bits per heavy atom. The van der Waals surface area contributed by atoms with Gasteiger partial charge in [0.2, 0.25) is 10.0 Å². The van der Waals surface area contributed by atoms with E-state index in [2.05, 4.69) is 48.9 Å². The number of rotatable bonds is 13. The summed E-state index contributed by atoms with van der Waals surface area (Å²) in [7, 11) is -0.460. The van der Waals surface area contributed by atoms with Crippen LogP contribution in [0.4, 0.5) is 5.69 Å². The molecular formula is C39H45N5O4S. The summed E-state index contributed by atoms with van der Waals surface area (Å²) >= 11 is 0. The van der Waals surface area contributed by atoms with Gasteiger partial charge < -0.3 is 18.9 Å². The lowest BCUT2D eigenvalue weighted by Crippen LogP contribution is -2.45. The van der Waals surface area contributed by atoms with Gasteiger partial charge in [-0.15, -0.1) is 0 Å². The van der Waals surface area contributed by atoms with E-state index >= 15 is 0 Å². The largest absolute Gasteiger partial charge is 0.497 e. The summed E-state index contributed by atoms with van der Waals surface area (Å²) in [5.74, 6) is 1.34. The molecule has 10 heteroatoms. The van der Waals surface area contributed by atoms with E-state index in [0.29, 0.717) is 37.4 Å². The minimum absolute atomic E-state index is 0.117. The molecule has 9 nitrogen and oxygen atoms in total. The average Bonchev–Trinajstić information content (AvgIpc) is 3.43. The third-order valence-electron chi connectivity index (χ3n) is 8.82. The molecule has 0 N–H and O–H groups in total. The van der Waals surface area contributed by atoms with Gasteiger partial charge >= 0.3 is 0 Å². The van der Waals surface area contributed by atoms with Crippen molar-refractivity contribution in [3.63, 3.8) is 0 Å². The fourth-order valence-corrected chi connectivity index (χ4v) is 7.60. The fraction of sp³-hybridized carbons (Fsp3) is 0.333. The van der Waals surface area contributed by atoms with Crippen LogP contribution in [-0.2, 0) is 36.6 Å². The zero-order valence-corrected chi connectivity index (χ0v) is 29.8. The Bertz CT molecular complexity index is 1940. The summed E-state index contributed by atoms with van der Waals surface area (Å²) in [4.78, 5) is 6.69. The standard InChI is InChI=1S/C39H45N5O4S/c1-29(2)7-6-8-30(3)19-20-48-37-12-9-31(10-13-37)22-34-26-43(27-35-24-41-28-42(35)4)39-18-11-32(23-40)21-33(39)25-44(34)49(45,46)38-16-14-36(47-5)15-17-38/h7,9-19,21,24,28,34H,6,8,20,22,25-27H2,1-5H3/b30-19+/t34-/m1/s1. The number of anilines is 1. The van der Waals surface area contributed by atoms with Crippen LogP contribution in [0.3, 0.4) is 0 Å². The third kappa shape index (κ3) is 8.99. The topological polar surface area (TPSA) is 101 Å². The molecule has 4 aromatic rings. The van der Waals surface area contributed by atoms with Crippen molar-refractivity contribution in [2.24, 2.45) is 7.05 Å². The number of sulfonamides is 1. The summed E-state index contributed by atoms with van der Waals surface area (Å²) < 4.78 is 43.8. The second-order valence-corrected chi connectivity index (χ2v) is 14.6. The van der Waals surface area contributed by atoms with Crippen LogP contribution < -0.4 is 14.4 Å². The van der Waals surface area contributed by atoms with E-state index in [9.17, 15) is 13.7 Å². The molecule has 256 valence electrons. The van der Waals surface area contributed by atoms with Crippen molar-refractivity contribution in [1.29, 1.82) is 5.26 Å². The Hall–Kier alpha value is -4.85. The van der Waals surface area contributed by atoms with Gasteiger partial charge in [0.15, 0.2) is 0 Å². The monoisotopic (exact) mass is 679 g/mol. The van der Waals surface area contributed by atoms with Crippen LogP contribution >= 0.6 is 0 Å². The molecule has 0 fully saturated rings. The second-order valence-electron chi connectivity index (χ2n) is 12.7. The molecule has 0 amide bonds. The molecule has 0 saturated carbocycles. The number of ether oxygens (including phenoxy) is 2. The van der Waals surface area contributed by atoms with Crippen molar-refractivity contribution in [3.05, 3.63) is 125 Å². The fourth-order valence-electron chi connectivity index (χ4n) is 6.01. The number of aromatic nitrogens is 2. The lowest BCUT2D eigenvalue weighted by Gasteiger charge is -2.32. The molecule has 2 heterocycles. The first-order valence-corrected chi connectivity index (χ1v) is 17.9. The van der Waals surface area contributed by atoms with E-state index in [1.54, 1.807) is 54.1 Å². The second kappa shape index (κ2) is 16.0. The van der Waals surface area contributed by atoms with Crippen molar-refractivity contribution in [2.75, 3.05) is 25.2 Å². The van der Waals surface area contributed by atoms with Crippen LogP contribution in [0.25, 0.3) is 0 Å². The van der Waals surface area contributed by atoms with Gasteiger partial charge in [-0.2, -0.15) is 9.57 Å². The third-order valence-corrected chi connectivity index (χ3v) is 10.7. The normalized spacial score (nSPS) is 15.2. The van der Waals surface area contributed by atoms with E-state index in [-0.39, 0.29) is 11.4 Å². The van der Waals surface area contributed by atoms with Gasteiger partial charge in [-0.25, -0.2) is 13.4 Å². The van der Waals surface area contributed by atoms with Crippen molar-refractivity contribution in [2.45, 2.75) is 64.1 Å². The molecule has 0 radical (unpaired) electrons. The summed E-state index contributed by atoms with van der Waals surface area (Å²) in [5, 5.41) is 9.74. The van der Waals surface area contributed by atoms with E-state index < -0.39 is 16.1 Å². The van der Waals surface area contributed by atoms with Crippen LogP contribution in [0.1, 0.15) is 56.0 Å². The highest BCUT2D eigenvalue weighted by Gasteiger charge is 2.37. The molecule has 1 aromatic heterocycles. The number of hydrogen-bond donors (Lipinski definition) is 0. The maximum absolute atomic E-state index is 14.5. The number of benzene rings is 3. The number of fused-ring (bicyclic) bond motifs is 1. The van der Waals surface area contributed by atoms with E-state index in [1.807, 2.05) is 48.1 Å². The summed E-state index contributed by atoms with van der Waals surface area (Å²) in [5.41, 5.74) is 6.74. The number of imidazole rings is 1. The van der Waals surface area contributed by atoms with Crippen molar-refractivity contribution in [1.82, 2.24) is 13.9 Å². The predicted molar refractivity (Wildman–Crippen MR) is 193 cm³/mol. The molecule has 0 bridgehead atoms. The van der Waals surface area contributed by atoms with E-state index in [0.717, 1.165) is 41.1 Å². The van der Waals surface area contributed by atoms with E-state index in [1.165, 1.54) is 11.1 Å². The minimum Gasteiger partial charge on any atom is -0.497 e. The number of hydrogen-bond acceptors (Lipinski definition) is 7. The number of nitriles is 1. The number of methoxy groups -OCH3 is 1. The van der Waals surface area contributed by atoms with Gasteiger partial charge in [-0.05, 0) is 112 Å². The highest BCUT2D eigenvalue weighted by Crippen LogP contribution is 2.34. The quantitative estimate of drug-likeness (QED) is 0.138. The molecule has 3 aromatic carbocycles. The lowest BCUT2D eigenvalue weighted by molar-refractivity contribution is 0.317. The van der Waals surface area contributed by atoms with Crippen LogP contribution in [0.15, 0.2) is 107 Å². The Kier molecular flexibility index (Phi) is 11.6. The predicted octanol–water partition coefficient (Wildman–Crippen LogP) is 7.19.